The molecule has 0 atom stereocenters. The third-order valence-corrected chi connectivity index (χ3v) is 2.51. The van der Waals surface area contributed by atoms with Gasteiger partial charge in [-0.1, -0.05) is 32.9 Å². The van der Waals surface area contributed by atoms with E-state index in [9.17, 15) is 9.59 Å². The largest absolute Gasteiger partial charge is 0.347 e. The molecule has 1 rings (SSSR count). The number of hydrogen-bond acceptors (Lipinski definition) is 2. The van der Waals surface area contributed by atoms with Crippen LogP contribution in [0.2, 0.25) is 0 Å². The smallest absolute Gasteiger partial charge is 0.243 e. The quantitative estimate of drug-likeness (QED) is 0.860. The SMILES string of the molecule is CC(=O)NCC(=O)Nc1cccc(C(C)(C)C)c1. The minimum atomic E-state index is -0.226. The summed E-state index contributed by atoms with van der Waals surface area (Å²) in [5.41, 5.74) is 1.94. The van der Waals surface area contributed by atoms with Crippen LogP contribution in [0.25, 0.3) is 0 Å². The average Bonchev–Trinajstić information content (AvgIpc) is 2.25. The number of nitrogens with one attached hydrogen (secondary N) is 2. The molecule has 0 aliphatic rings. The van der Waals surface area contributed by atoms with E-state index >= 15 is 0 Å². The molecule has 2 amide bonds. The Morgan fingerprint density at radius 3 is 2.44 bits per heavy atom. The van der Waals surface area contributed by atoms with E-state index in [-0.39, 0.29) is 23.8 Å². The zero-order chi connectivity index (χ0) is 13.8. The van der Waals surface area contributed by atoms with Crippen LogP contribution in [0.15, 0.2) is 24.3 Å². The number of rotatable bonds is 3. The Labute approximate surface area is 108 Å². The van der Waals surface area contributed by atoms with Crippen molar-refractivity contribution in [2.24, 2.45) is 0 Å². The van der Waals surface area contributed by atoms with E-state index in [0.29, 0.717) is 0 Å². The van der Waals surface area contributed by atoms with Crippen LogP contribution < -0.4 is 10.6 Å². The molecule has 0 fully saturated rings. The van der Waals surface area contributed by atoms with Crippen molar-refractivity contribution in [3.8, 4) is 0 Å². The molecule has 0 aliphatic carbocycles. The molecule has 0 bridgehead atoms. The predicted molar refractivity (Wildman–Crippen MR) is 72.5 cm³/mol. The van der Waals surface area contributed by atoms with Gasteiger partial charge in [-0.3, -0.25) is 9.59 Å². The van der Waals surface area contributed by atoms with Gasteiger partial charge >= 0.3 is 0 Å². The summed E-state index contributed by atoms with van der Waals surface area (Å²) >= 11 is 0. The summed E-state index contributed by atoms with van der Waals surface area (Å²) in [5, 5.41) is 5.22. The van der Waals surface area contributed by atoms with Gasteiger partial charge in [0, 0.05) is 12.6 Å². The maximum absolute atomic E-state index is 11.6. The van der Waals surface area contributed by atoms with Gasteiger partial charge in [-0.2, -0.15) is 0 Å². The zero-order valence-corrected chi connectivity index (χ0v) is 11.3. The number of amides is 2. The second-order valence-corrected chi connectivity index (χ2v) is 5.29. The Bertz CT molecular complexity index is 447. The summed E-state index contributed by atoms with van der Waals surface area (Å²) < 4.78 is 0. The van der Waals surface area contributed by atoms with Gasteiger partial charge in [0.2, 0.25) is 11.8 Å². The van der Waals surface area contributed by atoms with Crippen LogP contribution in [0.5, 0.6) is 0 Å². The van der Waals surface area contributed by atoms with Gasteiger partial charge in [0.25, 0.3) is 0 Å². The minimum absolute atomic E-state index is 0.00488. The first kappa shape index (κ1) is 14.2. The van der Waals surface area contributed by atoms with Crippen LogP contribution in [-0.4, -0.2) is 18.4 Å². The van der Waals surface area contributed by atoms with Gasteiger partial charge in [0.1, 0.15) is 0 Å². The normalized spacial score (nSPS) is 10.9. The fourth-order valence-corrected chi connectivity index (χ4v) is 1.47. The Hall–Kier alpha value is -1.84. The topological polar surface area (TPSA) is 58.2 Å². The molecule has 1 aromatic rings. The molecule has 0 aromatic heterocycles. The van der Waals surface area contributed by atoms with E-state index in [4.69, 9.17) is 0 Å². The molecule has 0 aliphatic heterocycles. The summed E-state index contributed by atoms with van der Waals surface area (Å²) in [4.78, 5) is 22.2. The van der Waals surface area contributed by atoms with Crippen molar-refractivity contribution in [1.82, 2.24) is 5.32 Å². The lowest BCUT2D eigenvalue weighted by Gasteiger charge is -2.19. The molecule has 98 valence electrons. The summed E-state index contributed by atoms with van der Waals surface area (Å²) in [7, 11) is 0. The Balaban J connectivity index is 2.68. The van der Waals surface area contributed by atoms with Gasteiger partial charge < -0.3 is 10.6 Å². The van der Waals surface area contributed by atoms with Gasteiger partial charge in [-0.15, -0.1) is 0 Å². The van der Waals surface area contributed by atoms with Crippen LogP contribution in [0.3, 0.4) is 0 Å². The highest BCUT2D eigenvalue weighted by atomic mass is 16.2. The van der Waals surface area contributed by atoms with Crippen LogP contribution in [-0.2, 0) is 15.0 Å². The van der Waals surface area contributed by atoms with E-state index in [1.165, 1.54) is 6.92 Å². The number of carbonyl (C=O) groups excluding carboxylic acids is 2. The second-order valence-electron chi connectivity index (χ2n) is 5.29. The van der Waals surface area contributed by atoms with Crippen LogP contribution in [0.1, 0.15) is 33.3 Å². The van der Waals surface area contributed by atoms with Crippen LogP contribution >= 0.6 is 0 Å². The van der Waals surface area contributed by atoms with Crippen molar-refractivity contribution in [2.45, 2.75) is 33.1 Å². The van der Waals surface area contributed by atoms with E-state index in [2.05, 4.69) is 31.4 Å². The standard InChI is InChI=1S/C14H20N2O2/c1-10(17)15-9-13(18)16-12-7-5-6-11(8-12)14(2,3)4/h5-8H,9H2,1-4H3,(H,15,17)(H,16,18). The Kier molecular flexibility index (Phi) is 4.48. The van der Waals surface area contributed by atoms with Gasteiger partial charge in [0.05, 0.1) is 6.54 Å². The molecule has 2 N–H and O–H groups in total. The van der Waals surface area contributed by atoms with E-state index in [1.54, 1.807) is 0 Å². The summed E-state index contributed by atoms with van der Waals surface area (Å²) in [5.74, 6) is -0.440. The van der Waals surface area contributed by atoms with E-state index in [1.807, 2.05) is 24.3 Å². The first-order chi connectivity index (χ1) is 8.29. The number of carbonyl (C=O) groups is 2. The number of hydrogen-bond donors (Lipinski definition) is 2. The summed E-state index contributed by atoms with van der Waals surface area (Å²) in [6.07, 6.45) is 0. The molecule has 0 radical (unpaired) electrons. The van der Waals surface area contributed by atoms with Crippen molar-refractivity contribution in [3.63, 3.8) is 0 Å². The average molecular weight is 248 g/mol. The van der Waals surface area contributed by atoms with Crippen LogP contribution in [0.4, 0.5) is 5.69 Å². The molecule has 4 nitrogen and oxygen atoms in total. The highest BCUT2D eigenvalue weighted by molar-refractivity contribution is 5.94. The molecule has 1 aromatic carbocycles. The zero-order valence-electron chi connectivity index (χ0n) is 11.3. The lowest BCUT2D eigenvalue weighted by molar-refractivity contribution is -0.122. The summed E-state index contributed by atoms with van der Waals surface area (Å²) in [6, 6.07) is 7.73. The van der Waals surface area contributed by atoms with Gasteiger partial charge in [-0.05, 0) is 23.1 Å². The highest BCUT2D eigenvalue weighted by Gasteiger charge is 2.14. The first-order valence-corrected chi connectivity index (χ1v) is 5.94. The summed E-state index contributed by atoms with van der Waals surface area (Å²) in [6.45, 7) is 7.73. The molecule has 0 heterocycles. The van der Waals surface area contributed by atoms with E-state index in [0.717, 1.165) is 11.3 Å². The second kappa shape index (κ2) is 5.67. The van der Waals surface area contributed by atoms with Crippen molar-refractivity contribution in [2.75, 3.05) is 11.9 Å². The number of anilines is 1. The molecule has 0 spiro atoms. The van der Waals surface area contributed by atoms with Crippen LogP contribution in [0, 0.1) is 0 Å². The first-order valence-electron chi connectivity index (χ1n) is 5.94. The lowest BCUT2D eigenvalue weighted by atomic mass is 9.87. The fraction of sp³-hybridized carbons (Fsp3) is 0.429. The predicted octanol–water partition coefficient (Wildman–Crippen LogP) is 2.06. The van der Waals surface area contributed by atoms with Crippen molar-refractivity contribution in [1.29, 1.82) is 0 Å². The minimum Gasteiger partial charge on any atom is -0.347 e. The molecule has 18 heavy (non-hydrogen) atoms. The van der Waals surface area contributed by atoms with Crippen molar-refractivity contribution < 1.29 is 9.59 Å². The van der Waals surface area contributed by atoms with Gasteiger partial charge in [0.15, 0.2) is 0 Å². The molecular weight excluding hydrogens is 228 g/mol. The monoisotopic (exact) mass is 248 g/mol. The molecule has 0 saturated carbocycles. The third kappa shape index (κ3) is 4.57. The maximum Gasteiger partial charge on any atom is 0.243 e. The van der Waals surface area contributed by atoms with Gasteiger partial charge in [-0.25, -0.2) is 0 Å². The highest BCUT2D eigenvalue weighted by Crippen LogP contribution is 2.24. The van der Waals surface area contributed by atoms with Crippen molar-refractivity contribution in [3.05, 3.63) is 29.8 Å². The molecular formula is C14H20N2O2. The fourth-order valence-electron chi connectivity index (χ4n) is 1.47. The molecule has 0 saturated heterocycles. The molecule has 0 unspecified atom stereocenters. The molecule has 4 heteroatoms. The Morgan fingerprint density at radius 2 is 1.89 bits per heavy atom. The Morgan fingerprint density at radius 1 is 1.22 bits per heavy atom. The van der Waals surface area contributed by atoms with Crippen molar-refractivity contribution >= 4 is 17.5 Å². The maximum atomic E-state index is 11.6. The third-order valence-electron chi connectivity index (χ3n) is 2.51. The van der Waals surface area contributed by atoms with E-state index < -0.39 is 0 Å². The number of benzene rings is 1. The lowest BCUT2D eigenvalue weighted by Crippen LogP contribution is -2.31.